The van der Waals surface area contributed by atoms with Gasteiger partial charge in [0.05, 0.1) is 12.6 Å². The zero-order valence-corrected chi connectivity index (χ0v) is 11.6. The van der Waals surface area contributed by atoms with Gasteiger partial charge in [-0.25, -0.2) is 4.39 Å². The predicted molar refractivity (Wildman–Crippen MR) is 77.7 cm³/mol. The van der Waals surface area contributed by atoms with Crippen LogP contribution in [0.25, 0.3) is 0 Å². The first-order valence-corrected chi connectivity index (χ1v) is 6.58. The van der Waals surface area contributed by atoms with E-state index in [0.29, 0.717) is 12.3 Å². The second-order valence-corrected chi connectivity index (χ2v) is 4.50. The van der Waals surface area contributed by atoms with E-state index in [4.69, 9.17) is 4.74 Å². The highest BCUT2D eigenvalue weighted by Gasteiger charge is 2.11. The monoisotopic (exact) mass is 275 g/mol. The molecule has 1 atom stereocenters. The molecule has 3 nitrogen and oxygen atoms in total. The van der Waals surface area contributed by atoms with Gasteiger partial charge < -0.3 is 15.2 Å². The maximum atomic E-state index is 13.8. The van der Waals surface area contributed by atoms with E-state index < -0.39 is 5.82 Å². The Labute approximate surface area is 118 Å². The molecule has 0 spiro atoms. The topological polar surface area (TPSA) is 41.5 Å². The van der Waals surface area contributed by atoms with Crippen LogP contribution in [0, 0.1) is 5.82 Å². The Morgan fingerprint density at radius 2 is 2.00 bits per heavy atom. The predicted octanol–water partition coefficient (Wildman–Crippen LogP) is 4.10. The van der Waals surface area contributed by atoms with E-state index in [-0.39, 0.29) is 17.5 Å². The summed E-state index contributed by atoms with van der Waals surface area (Å²) >= 11 is 0. The molecule has 2 aromatic rings. The smallest absolute Gasteiger partial charge is 0.167 e. The molecule has 20 heavy (non-hydrogen) atoms. The molecule has 0 aromatic heterocycles. The molecule has 2 aromatic carbocycles. The molecule has 1 unspecified atom stereocenters. The quantitative estimate of drug-likeness (QED) is 0.863. The highest BCUT2D eigenvalue weighted by atomic mass is 19.1. The van der Waals surface area contributed by atoms with Crippen LogP contribution in [0.3, 0.4) is 0 Å². The van der Waals surface area contributed by atoms with Crippen molar-refractivity contribution in [3.8, 4) is 11.5 Å². The minimum absolute atomic E-state index is 0.131. The molecule has 0 aliphatic rings. The lowest BCUT2D eigenvalue weighted by molar-refractivity contribution is 0.321. The fraction of sp³-hybridized carbons (Fsp3) is 0.250. The standard InChI is InChI=1S/C16H18FNO2/c1-3-20-16-9-8-12(10-14(16)17)18-11(2)13-6-4-5-7-15(13)19/h4-11,18-19H,3H2,1-2H3. The fourth-order valence-corrected chi connectivity index (χ4v) is 2.04. The summed E-state index contributed by atoms with van der Waals surface area (Å²) in [5.41, 5.74) is 1.41. The van der Waals surface area contributed by atoms with Crippen molar-refractivity contribution < 1.29 is 14.2 Å². The number of para-hydroxylation sites is 1. The van der Waals surface area contributed by atoms with Crippen molar-refractivity contribution in [3.05, 3.63) is 53.8 Å². The summed E-state index contributed by atoms with van der Waals surface area (Å²) in [7, 11) is 0. The molecule has 0 bridgehead atoms. The molecule has 0 amide bonds. The molecule has 2 N–H and O–H groups in total. The molecule has 0 heterocycles. The number of ether oxygens (including phenoxy) is 1. The largest absolute Gasteiger partial charge is 0.508 e. The van der Waals surface area contributed by atoms with Gasteiger partial charge in [0.1, 0.15) is 5.75 Å². The zero-order chi connectivity index (χ0) is 14.5. The SMILES string of the molecule is CCOc1ccc(NC(C)c2ccccc2O)cc1F. The van der Waals surface area contributed by atoms with Gasteiger partial charge in [-0.2, -0.15) is 0 Å². The van der Waals surface area contributed by atoms with Gasteiger partial charge in [-0.1, -0.05) is 18.2 Å². The number of benzene rings is 2. The lowest BCUT2D eigenvalue weighted by Gasteiger charge is -2.17. The number of halogens is 1. The first-order chi connectivity index (χ1) is 9.61. The molecule has 106 valence electrons. The van der Waals surface area contributed by atoms with Gasteiger partial charge in [-0.3, -0.25) is 0 Å². The zero-order valence-electron chi connectivity index (χ0n) is 11.6. The van der Waals surface area contributed by atoms with Gasteiger partial charge in [0.2, 0.25) is 0 Å². The number of phenolic OH excluding ortho intramolecular Hbond substituents is 1. The molecular formula is C16H18FNO2. The first kappa shape index (κ1) is 14.2. The van der Waals surface area contributed by atoms with Crippen LogP contribution in [0.5, 0.6) is 11.5 Å². The van der Waals surface area contributed by atoms with E-state index in [2.05, 4.69) is 5.32 Å². The van der Waals surface area contributed by atoms with Gasteiger partial charge >= 0.3 is 0 Å². The van der Waals surface area contributed by atoms with Crippen molar-refractivity contribution >= 4 is 5.69 Å². The van der Waals surface area contributed by atoms with Crippen LogP contribution in [0.4, 0.5) is 10.1 Å². The van der Waals surface area contributed by atoms with Gasteiger partial charge in [0, 0.05) is 17.3 Å². The van der Waals surface area contributed by atoms with Crippen LogP contribution in [0.2, 0.25) is 0 Å². The van der Waals surface area contributed by atoms with E-state index in [1.165, 1.54) is 6.07 Å². The third kappa shape index (κ3) is 3.20. The molecule has 0 saturated carbocycles. The number of rotatable bonds is 5. The average molecular weight is 275 g/mol. The molecule has 0 aliphatic heterocycles. The van der Waals surface area contributed by atoms with Gasteiger partial charge in [-0.15, -0.1) is 0 Å². The van der Waals surface area contributed by atoms with E-state index in [1.54, 1.807) is 24.3 Å². The van der Waals surface area contributed by atoms with E-state index in [0.717, 1.165) is 5.56 Å². The van der Waals surface area contributed by atoms with E-state index in [9.17, 15) is 9.50 Å². The summed E-state index contributed by atoms with van der Waals surface area (Å²) in [6, 6.07) is 11.7. The first-order valence-electron chi connectivity index (χ1n) is 6.58. The van der Waals surface area contributed by atoms with E-state index >= 15 is 0 Å². The minimum atomic E-state index is -0.402. The Bertz CT molecular complexity index is 586. The number of nitrogens with one attached hydrogen (secondary N) is 1. The Morgan fingerprint density at radius 1 is 1.25 bits per heavy atom. The molecule has 2 rings (SSSR count). The van der Waals surface area contributed by atoms with Crippen LogP contribution >= 0.6 is 0 Å². The van der Waals surface area contributed by atoms with Crippen molar-refractivity contribution in [1.29, 1.82) is 0 Å². The molecular weight excluding hydrogens is 257 g/mol. The molecule has 0 saturated heterocycles. The maximum absolute atomic E-state index is 13.8. The van der Waals surface area contributed by atoms with Crippen LogP contribution in [0.15, 0.2) is 42.5 Å². The normalized spacial score (nSPS) is 11.9. The van der Waals surface area contributed by atoms with Crippen LogP contribution < -0.4 is 10.1 Å². The van der Waals surface area contributed by atoms with Crippen molar-refractivity contribution in [2.24, 2.45) is 0 Å². The number of hydrogen-bond donors (Lipinski definition) is 2. The number of aromatic hydroxyl groups is 1. The molecule has 4 heteroatoms. The second kappa shape index (κ2) is 6.28. The summed E-state index contributed by atoms with van der Waals surface area (Å²) in [6.45, 7) is 4.15. The minimum Gasteiger partial charge on any atom is -0.508 e. The van der Waals surface area contributed by atoms with Gasteiger partial charge in [0.15, 0.2) is 11.6 Å². The van der Waals surface area contributed by atoms with Gasteiger partial charge in [0.25, 0.3) is 0 Å². The second-order valence-electron chi connectivity index (χ2n) is 4.50. The molecule has 0 fully saturated rings. The van der Waals surface area contributed by atoms with E-state index in [1.807, 2.05) is 26.0 Å². The fourth-order valence-electron chi connectivity index (χ4n) is 2.04. The van der Waals surface area contributed by atoms with Crippen molar-refractivity contribution in [3.63, 3.8) is 0 Å². The highest BCUT2D eigenvalue weighted by molar-refractivity contribution is 5.50. The third-order valence-electron chi connectivity index (χ3n) is 3.02. The molecule has 0 aliphatic carbocycles. The van der Waals surface area contributed by atoms with Crippen LogP contribution in [0.1, 0.15) is 25.5 Å². The third-order valence-corrected chi connectivity index (χ3v) is 3.02. The number of hydrogen-bond acceptors (Lipinski definition) is 3. The lowest BCUT2D eigenvalue weighted by atomic mass is 10.1. The summed E-state index contributed by atoms with van der Waals surface area (Å²) in [4.78, 5) is 0. The Balaban J connectivity index is 2.14. The molecule has 0 radical (unpaired) electrons. The van der Waals surface area contributed by atoms with Crippen LogP contribution in [-0.4, -0.2) is 11.7 Å². The summed E-state index contributed by atoms with van der Waals surface area (Å²) in [5.74, 6) is 0.0634. The van der Waals surface area contributed by atoms with Crippen molar-refractivity contribution in [2.45, 2.75) is 19.9 Å². The Kier molecular flexibility index (Phi) is 4.45. The summed E-state index contributed by atoms with van der Waals surface area (Å²) in [6.07, 6.45) is 0. The average Bonchev–Trinajstić information content (AvgIpc) is 2.42. The van der Waals surface area contributed by atoms with Crippen molar-refractivity contribution in [1.82, 2.24) is 0 Å². The number of phenols is 1. The van der Waals surface area contributed by atoms with Crippen LogP contribution in [-0.2, 0) is 0 Å². The Morgan fingerprint density at radius 3 is 2.65 bits per heavy atom. The number of anilines is 1. The van der Waals surface area contributed by atoms with Gasteiger partial charge in [-0.05, 0) is 32.0 Å². The van der Waals surface area contributed by atoms with Crippen molar-refractivity contribution in [2.75, 3.05) is 11.9 Å². The summed E-state index contributed by atoms with van der Waals surface area (Å²) in [5, 5.41) is 12.9. The maximum Gasteiger partial charge on any atom is 0.167 e. The Hall–Kier alpha value is -2.23. The highest BCUT2D eigenvalue weighted by Crippen LogP contribution is 2.28. The summed E-state index contributed by atoms with van der Waals surface area (Å²) < 4.78 is 18.9. The lowest BCUT2D eigenvalue weighted by Crippen LogP contribution is -2.07.